The first-order valence-electron chi connectivity index (χ1n) is 13.2. The zero-order valence-corrected chi connectivity index (χ0v) is 27.1. The molecule has 3 aromatic carbocycles. The molecule has 0 aliphatic heterocycles. The summed E-state index contributed by atoms with van der Waals surface area (Å²) in [4.78, 5) is 28.5. The third kappa shape index (κ3) is 8.77. The molecule has 0 unspecified atom stereocenters. The summed E-state index contributed by atoms with van der Waals surface area (Å²) in [6, 6.07) is 15.9. The summed E-state index contributed by atoms with van der Waals surface area (Å²) < 4.78 is 34.3. The number of hydrogen-bond acceptors (Lipinski definition) is 5. The molecule has 0 aliphatic carbocycles. The molecule has 0 fully saturated rings. The molecule has 226 valence electrons. The van der Waals surface area contributed by atoms with E-state index < -0.39 is 40.0 Å². The normalized spacial score (nSPS) is 12.4. The second kappa shape index (κ2) is 14.0. The van der Waals surface area contributed by atoms with E-state index >= 15 is 0 Å². The fraction of sp³-hybridized carbons (Fsp3) is 0.333. The second-order valence-electron chi connectivity index (χ2n) is 10.6. The van der Waals surface area contributed by atoms with Gasteiger partial charge in [0.05, 0.1) is 17.2 Å². The van der Waals surface area contributed by atoms with E-state index in [-0.39, 0.29) is 17.1 Å². The second-order valence-corrected chi connectivity index (χ2v) is 13.7. The number of sulfonamides is 1. The molecule has 0 aliphatic rings. The van der Waals surface area contributed by atoms with Crippen LogP contribution in [-0.4, -0.2) is 49.9 Å². The number of halogens is 3. The lowest BCUT2D eigenvalue weighted by Crippen LogP contribution is -2.54. The van der Waals surface area contributed by atoms with Crippen molar-refractivity contribution in [2.24, 2.45) is 0 Å². The Bertz CT molecular complexity index is 1510. The Balaban J connectivity index is 2.06. The highest BCUT2D eigenvalue weighted by atomic mass is 35.5. The Labute approximate surface area is 262 Å². The summed E-state index contributed by atoms with van der Waals surface area (Å²) in [6.07, 6.45) is 0. The minimum atomic E-state index is -4.24. The van der Waals surface area contributed by atoms with E-state index in [2.05, 4.69) is 5.32 Å². The largest absolute Gasteiger partial charge is 0.494 e. The standard InChI is InChI=1S/C30H34Cl3N3O5S/c1-6-41-25-13-11-24(12-14-25)36(42(39,40)26-15-9-22(31)10-16-26)19-28(37)35(20(2)29(38)34-30(3,4)5)18-21-7-8-23(32)17-27(21)33/h7-17,20H,6,18-19H2,1-5H3,(H,34,38)/t20-/m0/s1. The van der Waals surface area contributed by atoms with Crippen LogP contribution in [0.4, 0.5) is 5.69 Å². The molecule has 0 heterocycles. The molecule has 0 aromatic heterocycles. The molecule has 0 radical (unpaired) electrons. The Kier molecular flexibility index (Phi) is 11.2. The number of ether oxygens (including phenoxy) is 1. The first-order chi connectivity index (χ1) is 19.6. The molecule has 1 N–H and O–H groups in total. The molecule has 1 atom stereocenters. The molecule has 42 heavy (non-hydrogen) atoms. The average Bonchev–Trinajstić information content (AvgIpc) is 2.91. The number of nitrogens with one attached hydrogen (secondary N) is 1. The molecular formula is C30H34Cl3N3O5S. The van der Waals surface area contributed by atoms with Crippen LogP contribution in [0.2, 0.25) is 15.1 Å². The Morgan fingerprint density at radius 3 is 2.07 bits per heavy atom. The van der Waals surface area contributed by atoms with Gasteiger partial charge in [-0.05, 0) is 101 Å². The van der Waals surface area contributed by atoms with E-state index in [0.717, 1.165) is 4.31 Å². The van der Waals surface area contributed by atoms with Crippen molar-refractivity contribution in [2.45, 2.75) is 57.6 Å². The highest BCUT2D eigenvalue weighted by molar-refractivity contribution is 7.92. The maximum atomic E-state index is 14.0. The zero-order valence-electron chi connectivity index (χ0n) is 24.0. The van der Waals surface area contributed by atoms with Crippen molar-refractivity contribution in [1.29, 1.82) is 0 Å². The number of rotatable bonds is 11. The van der Waals surface area contributed by atoms with Gasteiger partial charge in [-0.25, -0.2) is 8.42 Å². The van der Waals surface area contributed by atoms with Gasteiger partial charge in [0.15, 0.2) is 0 Å². The Morgan fingerprint density at radius 1 is 0.929 bits per heavy atom. The van der Waals surface area contributed by atoms with Crippen LogP contribution in [0.25, 0.3) is 0 Å². The first kappa shape index (κ1) is 33.5. The lowest BCUT2D eigenvalue weighted by molar-refractivity contribution is -0.140. The highest BCUT2D eigenvalue weighted by Crippen LogP contribution is 2.28. The van der Waals surface area contributed by atoms with Crippen LogP contribution < -0.4 is 14.4 Å². The molecule has 12 heteroatoms. The molecule has 8 nitrogen and oxygen atoms in total. The summed E-state index contributed by atoms with van der Waals surface area (Å²) in [6.45, 7) is 8.66. The van der Waals surface area contributed by atoms with Crippen molar-refractivity contribution in [1.82, 2.24) is 10.2 Å². The van der Waals surface area contributed by atoms with Gasteiger partial charge < -0.3 is 15.0 Å². The Morgan fingerprint density at radius 2 is 1.52 bits per heavy atom. The van der Waals surface area contributed by atoms with E-state index in [0.29, 0.717) is 33.0 Å². The lowest BCUT2D eigenvalue weighted by Gasteiger charge is -2.33. The van der Waals surface area contributed by atoms with Gasteiger partial charge in [0.2, 0.25) is 11.8 Å². The van der Waals surface area contributed by atoms with Gasteiger partial charge in [0.1, 0.15) is 18.3 Å². The van der Waals surface area contributed by atoms with Gasteiger partial charge >= 0.3 is 0 Å². The molecule has 0 saturated heterocycles. The molecule has 0 bridgehead atoms. The zero-order chi connectivity index (χ0) is 31.2. The van der Waals surface area contributed by atoms with Gasteiger partial charge in [0, 0.05) is 27.2 Å². The van der Waals surface area contributed by atoms with Crippen molar-refractivity contribution < 1.29 is 22.7 Å². The maximum Gasteiger partial charge on any atom is 0.264 e. The molecule has 0 saturated carbocycles. The first-order valence-corrected chi connectivity index (χ1v) is 15.8. The van der Waals surface area contributed by atoms with E-state index in [9.17, 15) is 18.0 Å². The van der Waals surface area contributed by atoms with Crippen LogP contribution in [0.15, 0.2) is 71.6 Å². The molecule has 3 aromatic rings. The van der Waals surface area contributed by atoms with Crippen LogP contribution in [0.3, 0.4) is 0 Å². The molecule has 2 amide bonds. The molecule has 0 spiro atoms. The summed E-state index contributed by atoms with van der Waals surface area (Å²) >= 11 is 18.5. The van der Waals surface area contributed by atoms with Crippen LogP contribution in [0.1, 0.15) is 40.2 Å². The van der Waals surface area contributed by atoms with Crippen molar-refractivity contribution in [3.63, 3.8) is 0 Å². The summed E-state index contributed by atoms with van der Waals surface area (Å²) in [5.41, 5.74) is 0.209. The van der Waals surface area contributed by atoms with Crippen molar-refractivity contribution in [2.75, 3.05) is 17.5 Å². The van der Waals surface area contributed by atoms with E-state index in [1.165, 1.54) is 35.2 Å². The smallest absolute Gasteiger partial charge is 0.264 e. The third-order valence-electron chi connectivity index (χ3n) is 6.14. The van der Waals surface area contributed by atoms with Gasteiger partial charge in [-0.2, -0.15) is 0 Å². The maximum absolute atomic E-state index is 14.0. The summed E-state index contributed by atoms with van der Waals surface area (Å²) in [5.74, 6) is -0.485. The number of amides is 2. The van der Waals surface area contributed by atoms with Gasteiger partial charge in [-0.15, -0.1) is 0 Å². The summed E-state index contributed by atoms with van der Waals surface area (Å²) in [5, 5.41) is 3.97. The highest BCUT2D eigenvalue weighted by Gasteiger charge is 2.33. The van der Waals surface area contributed by atoms with E-state index in [4.69, 9.17) is 39.5 Å². The van der Waals surface area contributed by atoms with Crippen LogP contribution in [-0.2, 0) is 26.2 Å². The SMILES string of the molecule is CCOc1ccc(N(CC(=O)N(Cc2ccc(Cl)cc2Cl)[C@@H](C)C(=O)NC(C)(C)C)S(=O)(=O)c2ccc(Cl)cc2)cc1. The number of anilines is 1. The van der Waals surface area contributed by atoms with Crippen LogP contribution >= 0.6 is 34.8 Å². The summed E-state index contributed by atoms with van der Waals surface area (Å²) in [7, 11) is -4.24. The van der Waals surface area contributed by atoms with Crippen LogP contribution in [0.5, 0.6) is 5.75 Å². The van der Waals surface area contributed by atoms with Gasteiger partial charge in [-0.3, -0.25) is 13.9 Å². The number of carbonyl (C=O) groups excluding carboxylic acids is 2. The van der Waals surface area contributed by atoms with Crippen molar-refractivity contribution >= 4 is 62.3 Å². The number of hydrogen-bond donors (Lipinski definition) is 1. The fourth-order valence-electron chi connectivity index (χ4n) is 4.03. The van der Waals surface area contributed by atoms with E-state index in [1.807, 2.05) is 27.7 Å². The van der Waals surface area contributed by atoms with Crippen LogP contribution in [0, 0.1) is 0 Å². The molecular weight excluding hydrogens is 621 g/mol. The van der Waals surface area contributed by atoms with Crippen molar-refractivity contribution in [3.8, 4) is 5.75 Å². The number of nitrogens with zero attached hydrogens (tertiary/aromatic N) is 2. The predicted molar refractivity (Wildman–Crippen MR) is 168 cm³/mol. The average molecular weight is 655 g/mol. The Hall–Kier alpha value is -2.98. The third-order valence-corrected chi connectivity index (χ3v) is 8.76. The lowest BCUT2D eigenvalue weighted by atomic mass is 10.1. The fourth-order valence-corrected chi connectivity index (χ4v) is 6.04. The monoisotopic (exact) mass is 653 g/mol. The number of benzene rings is 3. The molecule has 3 rings (SSSR count). The topological polar surface area (TPSA) is 96.0 Å². The van der Waals surface area contributed by atoms with Crippen molar-refractivity contribution in [3.05, 3.63) is 87.4 Å². The minimum absolute atomic E-state index is 0.0561. The minimum Gasteiger partial charge on any atom is -0.494 e. The number of carbonyl (C=O) groups is 2. The van der Waals surface area contributed by atoms with Gasteiger partial charge in [-0.1, -0.05) is 40.9 Å². The van der Waals surface area contributed by atoms with Gasteiger partial charge in [0.25, 0.3) is 10.0 Å². The quantitative estimate of drug-likeness (QED) is 0.252. The van der Waals surface area contributed by atoms with E-state index in [1.54, 1.807) is 43.3 Å². The predicted octanol–water partition coefficient (Wildman–Crippen LogP) is 6.57.